The molecule has 0 spiro atoms. The molecule has 1 aromatic rings. The van der Waals surface area contributed by atoms with Gasteiger partial charge in [-0.05, 0) is 24.1 Å². The van der Waals surface area contributed by atoms with Crippen LogP contribution >= 0.6 is 0 Å². The number of phenols is 1. The molecule has 1 rings (SSSR count). The number of nitrogens with one attached hydrogen (secondary N) is 1. The molecule has 19 heavy (non-hydrogen) atoms. The van der Waals surface area contributed by atoms with Crippen LogP contribution in [0.25, 0.3) is 0 Å². The highest BCUT2D eigenvalue weighted by atomic mass is 16.4. The molecule has 1 amide bonds. The largest absolute Gasteiger partial charge is 0.508 e. The SMILES string of the molecule is CC(CNC(=O)[C@H](N)Cc1ccc(O)cc1)C(=O)O. The monoisotopic (exact) mass is 266 g/mol. The first-order chi connectivity index (χ1) is 8.90. The van der Waals surface area contributed by atoms with Crippen molar-refractivity contribution in [3.63, 3.8) is 0 Å². The molecule has 0 aromatic heterocycles. The molecule has 1 aromatic carbocycles. The molecule has 0 radical (unpaired) electrons. The first kappa shape index (κ1) is 15.0. The third kappa shape index (κ3) is 4.97. The number of amides is 1. The van der Waals surface area contributed by atoms with Crippen LogP contribution in [-0.4, -0.2) is 34.7 Å². The van der Waals surface area contributed by atoms with Crippen LogP contribution in [0.3, 0.4) is 0 Å². The molecule has 6 heteroatoms. The second-order valence-corrected chi connectivity index (χ2v) is 4.46. The maximum absolute atomic E-state index is 11.7. The van der Waals surface area contributed by atoms with Crippen LogP contribution in [0.1, 0.15) is 12.5 Å². The molecule has 0 saturated carbocycles. The lowest BCUT2D eigenvalue weighted by Crippen LogP contribution is -2.44. The molecule has 0 bridgehead atoms. The minimum atomic E-state index is -0.965. The topological polar surface area (TPSA) is 113 Å². The van der Waals surface area contributed by atoms with Gasteiger partial charge in [-0.1, -0.05) is 19.1 Å². The summed E-state index contributed by atoms with van der Waals surface area (Å²) in [6.07, 6.45) is 0.327. The van der Waals surface area contributed by atoms with Crippen molar-refractivity contribution in [2.24, 2.45) is 11.7 Å². The number of carboxylic acids is 1. The Bertz CT molecular complexity index is 444. The third-order valence-electron chi connectivity index (χ3n) is 2.73. The zero-order valence-corrected chi connectivity index (χ0v) is 10.7. The highest BCUT2D eigenvalue weighted by Crippen LogP contribution is 2.10. The van der Waals surface area contributed by atoms with Gasteiger partial charge in [0, 0.05) is 6.54 Å². The van der Waals surface area contributed by atoms with Gasteiger partial charge in [0.05, 0.1) is 12.0 Å². The number of nitrogens with two attached hydrogens (primary N) is 1. The van der Waals surface area contributed by atoms with Gasteiger partial charge in [0.25, 0.3) is 0 Å². The van der Waals surface area contributed by atoms with Crippen LogP contribution in [0.4, 0.5) is 0 Å². The van der Waals surface area contributed by atoms with E-state index in [0.29, 0.717) is 6.42 Å². The van der Waals surface area contributed by atoms with E-state index < -0.39 is 17.9 Å². The predicted molar refractivity (Wildman–Crippen MR) is 69.6 cm³/mol. The minimum Gasteiger partial charge on any atom is -0.508 e. The Balaban J connectivity index is 2.44. The lowest BCUT2D eigenvalue weighted by atomic mass is 10.1. The summed E-state index contributed by atoms with van der Waals surface area (Å²) in [5.74, 6) is -1.85. The second kappa shape index (κ2) is 6.75. The van der Waals surface area contributed by atoms with E-state index in [1.54, 1.807) is 12.1 Å². The van der Waals surface area contributed by atoms with Crippen molar-refractivity contribution in [1.29, 1.82) is 0 Å². The Hall–Kier alpha value is -2.08. The summed E-state index contributed by atoms with van der Waals surface area (Å²) < 4.78 is 0. The van der Waals surface area contributed by atoms with Crippen molar-refractivity contribution in [1.82, 2.24) is 5.32 Å². The smallest absolute Gasteiger partial charge is 0.308 e. The van der Waals surface area contributed by atoms with Crippen molar-refractivity contribution in [3.8, 4) is 5.75 Å². The summed E-state index contributed by atoms with van der Waals surface area (Å²) in [6.45, 7) is 1.56. The van der Waals surface area contributed by atoms with Gasteiger partial charge >= 0.3 is 5.97 Å². The first-order valence-corrected chi connectivity index (χ1v) is 5.94. The number of carbonyl (C=O) groups excluding carboxylic acids is 1. The van der Waals surface area contributed by atoms with E-state index in [1.165, 1.54) is 19.1 Å². The van der Waals surface area contributed by atoms with Crippen LogP contribution < -0.4 is 11.1 Å². The Labute approximate surface area is 111 Å². The minimum absolute atomic E-state index is 0.0530. The van der Waals surface area contributed by atoms with E-state index in [0.717, 1.165) is 5.56 Å². The molecule has 0 saturated heterocycles. The molecule has 0 fully saturated rings. The summed E-state index contributed by atoms with van der Waals surface area (Å²) in [5, 5.41) is 20.3. The molecule has 0 aliphatic rings. The Morgan fingerprint density at radius 3 is 2.42 bits per heavy atom. The van der Waals surface area contributed by atoms with Gasteiger partial charge in [0.15, 0.2) is 0 Å². The van der Waals surface area contributed by atoms with Gasteiger partial charge in [-0.15, -0.1) is 0 Å². The van der Waals surface area contributed by atoms with Crippen molar-refractivity contribution in [3.05, 3.63) is 29.8 Å². The Morgan fingerprint density at radius 1 is 1.32 bits per heavy atom. The average Bonchev–Trinajstić information content (AvgIpc) is 2.37. The molecule has 2 atom stereocenters. The van der Waals surface area contributed by atoms with E-state index in [-0.39, 0.29) is 18.2 Å². The Kier molecular flexibility index (Phi) is 5.32. The number of aliphatic carboxylic acids is 1. The predicted octanol–water partition coefficient (Wildman–Crippen LogP) is 0.0989. The zero-order chi connectivity index (χ0) is 14.4. The standard InChI is InChI=1S/C13H18N2O4/c1-8(13(18)19)7-15-12(17)11(14)6-9-2-4-10(16)5-3-9/h2-5,8,11,16H,6-7,14H2,1H3,(H,15,17)(H,18,19)/t8?,11-/m1/s1. The van der Waals surface area contributed by atoms with Crippen LogP contribution in [0.15, 0.2) is 24.3 Å². The molecule has 1 unspecified atom stereocenters. The van der Waals surface area contributed by atoms with Gasteiger partial charge in [-0.2, -0.15) is 0 Å². The van der Waals surface area contributed by atoms with Gasteiger partial charge < -0.3 is 21.3 Å². The van der Waals surface area contributed by atoms with E-state index >= 15 is 0 Å². The molecular weight excluding hydrogens is 248 g/mol. The maximum atomic E-state index is 11.7. The fourth-order valence-corrected chi connectivity index (χ4v) is 1.45. The average molecular weight is 266 g/mol. The van der Waals surface area contributed by atoms with Gasteiger partial charge in [0.1, 0.15) is 5.75 Å². The van der Waals surface area contributed by atoms with E-state index in [1.807, 2.05) is 0 Å². The summed E-state index contributed by atoms with van der Waals surface area (Å²) in [4.78, 5) is 22.3. The number of phenolic OH excluding ortho intramolecular Hbond substituents is 1. The van der Waals surface area contributed by atoms with Crippen LogP contribution in [-0.2, 0) is 16.0 Å². The van der Waals surface area contributed by atoms with Crippen LogP contribution in [0, 0.1) is 5.92 Å². The molecule has 6 nitrogen and oxygen atoms in total. The number of rotatable bonds is 6. The number of carbonyl (C=O) groups is 2. The summed E-state index contributed by atoms with van der Waals surface area (Å²) >= 11 is 0. The van der Waals surface area contributed by atoms with Crippen molar-refractivity contribution < 1.29 is 19.8 Å². The molecule has 0 aliphatic carbocycles. The van der Waals surface area contributed by atoms with Crippen molar-refractivity contribution >= 4 is 11.9 Å². The number of aromatic hydroxyl groups is 1. The summed E-state index contributed by atoms with van der Waals surface area (Å²) in [6, 6.07) is 5.66. The first-order valence-electron chi connectivity index (χ1n) is 5.94. The molecule has 5 N–H and O–H groups in total. The van der Waals surface area contributed by atoms with Gasteiger partial charge in [-0.25, -0.2) is 0 Å². The normalized spacial score (nSPS) is 13.6. The van der Waals surface area contributed by atoms with E-state index in [4.69, 9.17) is 15.9 Å². The molecule has 104 valence electrons. The van der Waals surface area contributed by atoms with Crippen LogP contribution in [0.5, 0.6) is 5.75 Å². The number of carboxylic acid groups (broad SMARTS) is 1. The van der Waals surface area contributed by atoms with E-state index in [9.17, 15) is 9.59 Å². The Morgan fingerprint density at radius 2 is 1.89 bits per heavy atom. The highest BCUT2D eigenvalue weighted by molar-refractivity contribution is 5.82. The summed E-state index contributed by atoms with van der Waals surface area (Å²) in [5.41, 5.74) is 6.55. The fraction of sp³-hybridized carbons (Fsp3) is 0.385. The number of benzene rings is 1. The maximum Gasteiger partial charge on any atom is 0.308 e. The highest BCUT2D eigenvalue weighted by Gasteiger charge is 2.17. The quantitative estimate of drug-likeness (QED) is 0.583. The van der Waals surface area contributed by atoms with Gasteiger partial charge in [-0.3, -0.25) is 9.59 Å². The molecule has 0 aliphatic heterocycles. The summed E-state index contributed by atoms with van der Waals surface area (Å²) in [7, 11) is 0. The van der Waals surface area contributed by atoms with Crippen molar-refractivity contribution in [2.45, 2.75) is 19.4 Å². The number of hydrogen-bond donors (Lipinski definition) is 4. The third-order valence-corrected chi connectivity index (χ3v) is 2.73. The van der Waals surface area contributed by atoms with Crippen LogP contribution in [0.2, 0.25) is 0 Å². The molecule has 0 heterocycles. The zero-order valence-electron chi connectivity index (χ0n) is 10.7. The second-order valence-electron chi connectivity index (χ2n) is 4.46. The van der Waals surface area contributed by atoms with Crippen molar-refractivity contribution in [2.75, 3.05) is 6.54 Å². The van der Waals surface area contributed by atoms with Gasteiger partial charge in [0.2, 0.25) is 5.91 Å². The fourth-order valence-electron chi connectivity index (χ4n) is 1.45. The molecular formula is C13H18N2O4. The number of hydrogen-bond acceptors (Lipinski definition) is 4. The lowest BCUT2D eigenvalue weighted by molar-refractivity contribution is -0.141. The lowest BCUT2D eigenvalue weighted by Gasteiger charge is -2.13. The van der Waals surface area contributed by atoms with E-state index in [2.05, 4.69) is 5.32 Å².